The SMILES string of the molecule is COC(=O)CCC1=C(C)c2cc3nc(cc4cc(C)c(cc5[nH]c(cc1n2)c(CCC(=O)OC)c5C)[nH]4)C(C)=C3C(O)C(F)(F)F. The molecular weight excluding hydrogens is 601 g/mol. The lowest BCUT2D eigenvalue weighted by atomic mass is 9.98. The number of aromatic nitrogens is 4. The third kappa shape index (κ3) is 6.34. The number of carbonyl (C=O) groups is 2. The largest absolute Gasteiger partial charge is 0.469 e. The normalized spacial score (nSPS) is 14.1. The summed E-state index contributed by atoms with van der Waals surface area (Å²) in [5.41, 5.74) is 7.81. The number of aromatic amines is 2. The molecule has 0 saturated carbocycles. The summed E-state index contributed by atoms with van der Waals surface area (Å²) in [6, 6.07) is 8.71. The van der Waals surface area contributed by atoms with E-state index in [1.54, 1.807) is 13.0 Å². The van der Waals surface area contributed by atoms with Crippen LogP contribution in [0.4, 0.5) is 13.2 Å². The highest BCUT2D eigenvalue weighted by Crippen LogP contribution is 2.40. The van der Waals surface area contributed by atoms with Crippen LogP contribution in [0.25, 0.3) is 44.4 Å². The van der Waals surface area contributed by atoms with Gasteiger partial charge in [0, 0.05) is 40.5 Å². The predicted molar refractivity (Wildman–Crippen MR) is 169 cm³/mol. The molecule has 0 aliphatic carbocycles. The number of esters is 2. The molecule has 12 heteroatoms. The van der Waals surface area contributed by atoms with Crippen LogP contribution < -0.4 is 0 Å². The molecule has 3 aromatic heterocycles. The van der Waals surface area contributed by atoms with Crippen LogP contribution in [0.15, 0.2) is 30.3 Å². The molecule has 242 valence electrons. The quantitative estimate of drug-likeness (QED) is 0.244. The highest BCUT2D eigenvalue weighted by Gasteiger charge is 2.43. The molecule has 46 heavy (non-hydrogen) atoms. The summed E-state index contributed by atoms with van der Waals surface area (Å²) in [6.07, 6.45) is -6.84. The van der Waals surface area contributed by atoms with E-state index in [0.717, 1.165) is 27.7 Å². The number of hydrogen-bond acceptors (Lipinski definition) is 7. The van der Waals surface area contributed by atoms with Gasteiger partial charge in [0.05, 0.1) is 37.0 Å². The number of rotatable bonds is 7. The Labute approximate surface area is 263 Å². The summed E-state index contributed by atoms with van der Waals surface area (Å²) < 4.78 is 51.4. The first kappa shape index (κ1) is 32.7. The van der Waals surface area contributed by atoms with Crippen molar-refractivity contribution in [1.29, 1.82) is 0 Å². The van der Waals surface area contributed by atoms with Crippen molar-refractivity contribution in [2.24, 2.45) is 0 Å². The second-order valence-corrected chi connectivity index (χ2v) is 11.5. The van der Waals surface area contributed by atoms with Crippen LogP contribution in [-0.2, 0) is 25.5 Å². The smallest absolute Gasteiger partial charge is 0.418 e. The molecule has 3 N–H and O–H groups in total. The third-order valence-electron chi connectivity index (χ3n) is 8.55. The highest BCUT2D eigenvalue weighted by molar-refractivity contribution is 5.97. The van der Waals surface area contributed by atoms with Crippen molar-refractivity contribution in [2.45, 2.75) is 65.7 Å². The van der Waals surface area contributed by atoms with Gasteiger partial charge in [-0.1, -0.05) is 0 Å². The first-order valence-electron chi connectivity index (χ1n) is 14.7. The molecule has 0 fully saturated rings. The average molecular weight is 637 g/mol. The summed E-state index contributed by atoms with van der Waals surface area (Å²) in [6.45, 7) is 7.15. The fourth-order valence-corrected chi connectivity index (χ4v) is 5.88. The number of halogens is 3. The highest BCUT2D eigenvalue weighted by atomic mass is 19.4. The minimum absolute atomic E-state index is 0.0559. The van der Waals surface area contributed by atoms with Crippen LogP contribution in [0.3, 0.4) is 0 Å². The van der Waals surface area contributed by atoms with Crippen LogP contribution in [0.1, 0.15) is 72.6 Å². The standard InChI is InChI=1S/C34H35F3N4O5/c1-16-11-20-12-24-19(4)32(33(44)34(35,36)37)29(41-24)14-26-18(3)22(8-10-31(43)46-6)28(40-26)15-27-21(7-9-30(42)45-5)17(2)25(39-27)13-23(16)38-20/h11-15,33,38-39,44H,7-10H2,1-6H3. The van der Waals surface area contributed by atoms with Gasteiger partial charge in [-0.25, -0.2) is 9.97 Å². The number of aliphatic hydroxyl groups excluding tert-OH is 1. The van der Waals surface area contributed by atoms with Crippen LogP contribution in [0.5, 0.6) is 0 Å². The van der Waals surface area contributed by atoms with Crippen molar-refractivity contribution in [2.75, 3.05) is 14.2 Å². The lowest BCUT2D eigenvalue weighted by Crippen LogP contribution is -2.29. The minimum Gasteiger partial charge on any atom is -0.469 e. The molecule has 0 spiro atoms. The maximum Gasteiger partial charge on any atom is 0.418 e. The summed E-state index contributed by atoms with van der Waals surface area (Å²) in [5.74, 6) is -0.784. The topological polar surface area (TPSA) is 130 Å². The van der Waals surface area contributed by atoms with Gasteiger partial charge in [0.25, 0.3) is 0 Å². The molecule has 2 aliphatic heterocycles. The first-order valence-corrected chi connectivity index (χ1v) is 14.7. The van der Waals surface area contributed by atoms with Gasteiger partial charge in [0.1, 0.15) is 0 Å². The number of fused-ring (bicyclic) bond motifs is 8. The van der Waals surface area contributed by atoms with Gasteiger partial charge in [-0.05, 0) is 104 Å². The number of carbonyl (C=O) groups excluding carboxylic acids is 2. The van der Waals surface area contributed by atoms with Gasteiger partial charge < -0.3 is 24.5 Å². The number of aliphatic hydroxyl groups is 1. The van der Waals surface area contributed by atoms with Crippen LogP contribution in [0.2, 0.25) is 0 Å². The number of allylic oxidation sites excluding steroid dienone is 3. The van der Waals surface area contributed by atoms with Crippen molar-refractivity contribution < 1.29 is 37.3 Å². The van der Waals surface area contributed by atoms with Gasteiger partial charge >= 0.3 is 18.1 Å². The van der Waals surface area contributed by atoms with E-state index in [1.165, 1.54) is 27.2 Å². The Hall–Kier alpha value is -4.71. The van der Waals surface area contributed by atoms with E-state index in [0.29, 0.717) is 40.0 Å². The summed E-state index contributed by atoms with van der Waals surface area (Å²) in [4.78, 5) is 40.4. The van der Waals surface area contributed by atoms with Gasteiger partial charge in [-0.2, -0.15) is 13.2 Å². The lowest BCUT2D eigenvalue weighted by Gasteiger charge is -2.16. The van der Waals surface area contributed by atoms with Crippen molar-refractivity contribution in [3.05, 3.63) is 69.8 Å². The molecule has 0 amide bonds. The summed E-state index contributed by atoms with van der Waals surface area (Å²) in [7, 11) is 2.63. The van der Waals surface area contributed by atoms with E-state index in [2.05, 4.69) is 15.0 Å². The molecule has 0 saturated heterocycles. The predicted octanol–water partition coefficient (Wildman–Crippen LogP) is 6.78. The minimum atomic E-state index is -4.92. The molecule has 1 atom stereocenters. The fraction of sp³-hybridized carbons (Fsp3) is 0.353. The molecule has 0 radical (unpaired) electrons. The van der Waals surface area contributed by atoms with Crippen molar-refractivity contribution in [3.63, 3.8) is 0 Å². The van der Waals surface area contributed by atoms with E-state index >= 15 is 0 Å². The Kier molecular flexibility index (Phi) is 8.94. The van der Waals surface area contributed by atoms with Crippen LogP contribution in [-0.4, -0.2) is 63.5 Å². The van der Waals surface area contributed by atoms with Crippen LogP contribution in [0, 0.1) is 13.8 Å². The number of hydrogen-bond donors (Lipinski definition) is 3. The van der Waals surface area contributed by atoms with E-state index in [9.17, 15) is 27.9 Å². The molecule has 1 unspecified atom stereocenters. The zero-order valence-electron chi connectivity index (χ0n) is 26.4. The Morgan fingerprint density at radius 3 is 2.07 bits per heavy atom. The average Bonchev–Trinajstić information content (AvgIpc) is 3.68. The fourth-order valence-electron chi connectivity index (χ4n) is 5.88. The van der Waals surface area contributed by atoms with Crippen molar-refractivity contribution in [3.8, 4) is 0 Å². The summed E-state index contributed by atoms with van der Waals surface area (Å²) in [5, 5.41) is 10.4. The second-order valence-electron chi connectivity index (χ2n) is 11.5. The number of alkyl halides is 3. The number of nitrogens with zero attached hydrogens (tertiary/aromatic N) is 2. The Morgan fingerprint density at radius 2 is 1.41 bits per heavy atom. The molecule has 9 nitrogen and oxygen atoms in total. The van der Waals surface area contributed by atoms with E-state index < -0.39 is 18.2 Å². The molecule has 5 heterocycles. The Morgan fingerprint density at radius 1 is 0.783 bits per heavy atom. The molecule has 3 aromatic rings. The van der Waals surface area contributed by atoms with Gasteiger partial charge in [0.2, 0.25) is 0 Å². The summed E-state index contributed by atoms with van der Waals surface area (Å²) >= 11 is 0. The maximum absolute atomic E-state index is 13.9. The zero-order chi connectivity index (χ0) is 33.5. The Bertz CT molecular complexity index is 1970. The Balaban J connectivity index is 1.88. The van der Waals surface area contributed by atoms with Gasteiger partial charge in [-0.3, -0.25) is 9.59 Å². The number of nitrogens with one attached hydrogen (secondary N) is 2. The number of H-pyrrole nitrogens is 2. The van der Waals surface area contributed by atoms with E-state index in [-0.39, 0.29) is 47.8 Å². The first-order chi connectivity index (χ1) is 21.7. The molecule has 0 aromatic carbocycles. The zero-order valence-corrected chi connectivity index (χ0v) is 26.4. The molecular formula is C34H35F3N4O5. The van der Waals surface area contributed by atoms with E-state index in [1.807, 2.05) is 32.0 Å². The van der Waals surface area contributed by atoms with Crippen molar-refractivity contribution >= 4 is 56.3 Å². The number of ether oxygens (including phenoxy) is 2. The van der Waals surface area contributed by atoms with Crippen LogP contribution >= 0.6 is 0 Å². The second kappa shape index (κ2) is 12.6. The molecule has 5 rings (SSSR count). The van der Waals surface area contributed by atoms with Gasteiger partial charge in [-0.15, -0.1) is 0 Å². The number of methoxy groups -OCH3 is 2. The molecule has 2 aliphatic rings. The maximum atomic E-state index is 13.9. The lowest BCUT2D eigenvalue weighted by molar-refractivity contribution is -0.184. The van der Waals surface area contributed by atoms with E-state index in [4.69, 9.17) is 14.5 Å². The van der Waals surface area contributed by atoms with Crippen molar-refractivity contribution in [1.82, 2.24) is 19.9 Å². The number of aryl methyl sites for hydroxylation is 3. The third-order valence-corrected chi connectivity index (χ3v) is 8.55. The van der Waals surface area contributed by atoms with Gasteiger partial charge in [0.15, 0.2) is 6.10 Å². The monoisotopic (exact) mass is 636 g/mol. The molecule has 8 bridgehead atoms.